The van der Waals surface area contributed by atoms with Gasteiger partial charge in [-0.25, -0.2) is 16.8 Å². The van der Waals surface area contributed by atoms with Gasteiger partial charge in [0.2, 0.25) is 0 Å². The first-order valence-corrected chi connectivity index (χ1v) is 16.9. The van der Waals surface area contributed by atoms with Crippen LogP contribution in [0.3, 0.4) is 0 Å². The Labute approximate surface area is 253 Å². The second-order valence-electron chi connectivity index (χ2n) is 8.80. The Balaban J connectivity index is 0.000000252. The van der Waals surface area contributed by atoms with Crippen molar-refractivity contribution in [3.8, 4) is 0 Å². The molecule has 3 aromatic carbocycles. The fourth-order valence-corrected chi connectivity index (χ4v) is 7.29. The zero-order chi connectivity index (χ0) is 29.7. The van der Waals surface area contributed by atoms with E-state index in [0.29, 0.717) is 22.6 Å². The van der Waals surface area contributed by atoms with Crippen LogP contribution in [0.25, 0.3) is 0 Å². The highest BCUT2D eigenvalue weighted by Gasteiger charge is 2.34. The number of unbranched alkanes of at least 4 members (excludes halogenated alkanes) is 1. The molecule has 3 aromatic rings. The van der Waals surface area contributed by atoms with Crippen LogP contribution < -0.4 is 0 Å². The summed E-state index contributed by atoms with van der Waals surface area (Å²) < 4.78 is 48.2. The van der Waals surface area contributed by atoms with Crippen LogP contribution in [0, 0.1) is 0 Å². The topological polar surface area (TPSA) is 106 Å². The molecule has 1 aliphatic heterocycles. The molecule has 0 spiro atoms. The van der Waals surface area contributed by atoms with E-state index in [4.69, 9.17) is 46.4 Å². The molecule has 0 bridgehead atoms. The van der Waals surface area contributed by atoms with Crippen molar-refractivity contribution in [3.63, 3.8) is 0 Å². The fraction of sp³-hybridized carbons (Fsp3) is 0.259. The lowest BCUT2D eigenvalue weighted by Crippen LogP contribution is -2.31. The Morgan fingerprint density at radius 2 is 1.05 bits per heavy atom. The molecule has 0 aromatic heterocycles. The standard InChI is InChI=1S/C17H13Cl2NO4S.C10H12Cl2O2S/c18-14-7-6-11(10-15(14)19)25(23,24)9-3-8-20-16(21)12-4-1-2-5-13(12)17(20)22;1-2-3-6-15(13,14)8-4-5-9(11)10(12)7-8/h1-2,4-7,10H,3,8-9H2;4-5,7H,2-3,6H2,1H3. The lowest BCUT2D eigenvalue weighted by Gasteiger charge is -2.13. The number of hydrogen-bond donors (Lipinski definition) is 0. The molecule has 0 radical (unpaired) electrons. The molecule has 214 valence electrons. The van der Waals surface area contributed by atoms with Gasteiger partial charge in [-0.1, -0.05) is 71.9 Å². The molecule has 0 fully saturated rings. The van der Waals surface area contributed by atoms with Gasteiger partial charge in [-0.05, 0) is 61.4 Å². The molecular weight excluding hydrogens is 640 g/mol. The van der Waals surface area contributed by atoms with Gasteiger partial charge in [0.05, 0.1) is 52.5 Å². The third kappa shape index (κ3) is 7.78. The quantitative estimate of drug-likeness (QED) is 0.228. The van der Waals surface area contributed by atoms with E-state index >= 15 is 0 Å². The molecule has 0 saturated heterocycles. The number of benzene rings is 3. The monoisotopic (exact) mass is 663 g/mol. The van der Waals surface area contributed by atoms with Crippen molar-refractivity contribution in [2.24, 2.45) is 0 Å². The molecule has 1 heterocycles. The number of hydrogen-bond acceptors (Lipinski definition) is 6. The maximum absolute atomic E-state index is 12.4. The lowest BCUT2D eigenvalue weighted by atomic mass is 10.1. The normalized spacial score (nSPS) is 13.2. The van der Waals surface area contributed by atoms with Gasteiger partial charge < -0.3 is 0 Å². The summed E-state index contributed by atoms with van der Waals surface area (Å²) in [7, 11) is -6.79. The largest absolute Gasteiger partial charge is 0.274 e. The summed E-state index contributed by atoms with van der Waals surface area (Å²) in [6.45, 7) is 1.98. The second-order valence-corrected chi connectivity index (χ2v) is 14.7. The summed E-state index contributed by atoms with van der Waals surface area (Å²) in [4.78, 5) is 25.9. The summed E-state index contributed by atoms with van der Waals surface area (Å²) in [6, 6.07) is 15.0. The number of rotatable bonds is 9. The summed E-state index contributed by atoms with van der Waals surface area (Å²) in [5, 5.41) is 1.06. The lowest BCUT2D eigenvalue weighted by molar-refractivity contribution is 0.0654. The van der Waals surface area contributed by atoms with Crippen LogP contribution in [-0.2, 0) is 19.7 Å². The van der Waals surface area contributed by atoms with E-state index in [2.05, 4.69) is 0 Å². The Hall–Kier alpha value is -2.14. The molecule has 4 rings (SSSR count). The van der Waals surface area contributed by atoms with E-state index in [1.807, 2.05) is 6.92 Å². The minimum absolute atomic E-state index is 0.0346. The highest BCUT2D eigenvalue weighted by atomic mass is 35.5. The SMILES string of the molecule is CCCCS(=O)(=O)c1ccc(Cl)c(Cl)c1.O=C1c2ccccc2C(=O)N1CCCS(=O)(=O)c1ccc(Cl)c(Cl)c1. The van der Waals surface area contributed by atoms with Crippen LogP contribution in [0.5, 0.6) is 0 Å². The van der Waals surface area contributed by atoms with E-state index in [9.17, 15) is 26.4 Å². The van der Waals surface area contributed by atoms with E-state index < -0.39 is 31.5 Å². The van der Waals surface area contributed by atoms with E-state index in [-0.39, 0.29) is 49.3 Å². The number of fused-ring (bicyclic) bond motifs is 1. The molecule has 2 amide bonds. The van der Waals surface area contributed by atoms with Gasteiger partial charge in [-0.15, -0.1) is 0 Å². The van der Waals surface area contributed by atoms with Crippen LogP contribution in [-0.4, -0.2) is 51.6 Å². The molecule has 13 heteroatoms. The Morgan fingerprint density at radius 1 is 0.625 bits per heavy atom. The maximum atomic E-state index is 12.4. The van der Waals surface area contributed by atoms with Gasteiger partial charge >= 0.3 is 0 Å². The molecule has 0 atom stereocenters. The van der Waals surface area contributed by atoms with Crippen molar-refractivity contribution in [1.29, 1.82) is 0 Å². The van der Waals surface area contributed by atoms with Gasteiger partial charge in [-0.3, -0.25) is 14.5 Å². The Morgan fingerprint density at radius 3 is 1.45 bits per heavy atom. The van der Waals surface area contributed by atoms with E-state index in [0.717, 1.165) is 11.3 Å². The van der Waals surface area contributed by atoms with Crippen LogP contribution >= 0.6 is 46.4 Å². The molecule has 1 aliphatic rings. The average molecular weight is 665 g/mol. The zero-order valence-electron chi connectivity index (χ0n) is 21.2. The van der Waals surface area contributed by atoms with Gasteiger partial charge in [-0.2, -0.15) is 0 Å². The van der Waals surface area contributed by atoms with E-state index in [1.165, 1.54) is 36.4 Å². The minimum atomic E-state index is -3.59. The second kappa shape index (κ2) is 13.7. The number of imide groups is 1. The number of carbonyl (C=O) groups is 2. The maximum Gasteiger partial charge on any atom is 0.261 e. The molecule has 0 aliphatic carbocycles. The average Bonchev–Trinajstić information content (AvgIpc) is 3.15. The van der Waals surface area contributed by atoms with Crippen molar-refractivity contribution in [2.75, 3.05) is 18.1 Å². The number of halogens is 4. The third-order valence-corrected chi connectivity index (χ3v) is 11.0. The van der Waals surface area contributed by atoms with Gasteiger partial charge in [0.1, 0.15) is 0 Å². The van der Waals surface area contributed by atoms with Crippen LogP contribution in [0.4, 0.5) is 0 Å². The zero-order valence-corrected chi connectivity index (χ0v) is 25.9. The van der Waals surface area contributed by atoms with Crippen LogP contribution in [0.15, 0.2) is 70.5 Å². The van der Waals surface area contributed by atoms with Crippen LogP contribution in [0.1, 0.15) is 46.9 Å². The summed E-state index contributed by atoms with van der Waals surface area (Å²) >= 11 is 23.1. The highest BCUT2D eigenvalue weighted by Crippen LogP contribution is 2.27. The number of carbonyl (C=O) groups excluding carboxylic acids is 2. The van der Waals surface area contributed by atoms with Gasteiger partial charge in [0.25, 0.3) is 11.8 Å². The van der Waals surface area contributed by atoms with Gasteiger partial charge in [0.15, 0.2) is 19.7 Å². The Kier molecular flexibility index (Phi) is 11.1. The Bertz CT molecular complexity index is 1610. The number of amides is 2. The molecular formula is C27H25Cl4NO6S2. The number of sulfone groups is 2. The van der Waals surface area contributed by atoms with E-state index in [1.54, 1.807) is 24.3 Å². The summed E-state index contributed by atoms with van der Waals surface area (Å²) in [5.41, 5.74) is 0.694. The van der Waals surface area contributed by atoms with Crippen molar-refractivity contribution >= 4 is 77.9 Å². The predicted molar refractivity (Wildman–Crippen MR) is 158 cm³/mol. The first-order chi connectivity index (χ1) is 18.8. The van der Waals surface area contributed by atoms with Crippen LogP contribution in [0.2, 0.25) is 20.1 Å². The first-order valence-electron chi connectivity index (χ1n) is 12.1. The minimum Gasteiger partial charge on any atom is -0.274 e. The summed E-state index contributed by atoms with van der Waals surface area (Å²) in [6.07, 6.45) is 1.64. The highest BCUT2D eigenvalue weighted by molar-refractivity contribution is 7.91. The van der Waals surface area contributed by atoms with Gasteiger partial charge in [0, 0.05) is 6.54 Å². The number of nitrogens with zero attached hydrogens (tertiary/aromatic N) is 1. The van der Waals surface area contributed by atoms with Crippen molar-refractivity contribution in [3.05, 3.63) is 91.9 Å². The van der Waals surface area contributed by atoms with Crippen molar-refractivity contribution < 1.29 is 26.4 Å². The first kappa shape index (κ1) is 32.4. The third-order valence-electron chi connectivity index (χ3n) is 5.94. The smallest absolute Gasteiger partial charge is 0.261 e. The molecule has 40 heavy (non-hydrogen) atoms. The van der Waals surface area contributed by atoms with Crippen molar-refractivity contribution in [2.45, 2.75) is 36.0 Å². The fourth-order valence-electron chi connectivity index (χ4n) is 3.77. The van der Waals surface area contributed by atoms with Crippen molar-refractivity contribution in [1.82, 2.24) is 4.90 Å². The predicted octanol–water partition coefficient (Wildman–Crippen LogP) is 7.02. The molecule has 7 nitrogen and oxygen atoms in total. The molecule has 0 saturated carbocycles. The summed E-state index contributed by atoms with van der Waals surface area (Å²) in [5.74, 6) is -0.847. The molecule has 0 N–H and O–H groups in total. The molecule has 0 unspecified atom stereocenters.